The molecule has 2 fully saturated rings. The molecule has 2 aliphatic carbocycles. The summed E-state index contributed by atoms with van der Waals surface area (Å²) in [6.45, 7) is 12.5. The van der Waals surface area contributed by atoms with Crippen LogP contribution < -0.4 is 28.3 Å². The zero-order valence-corrected chi connectivity index (χ0v) is 17.8. The molecule has 9 N–H and O–H groups in total. The lowest BCUT2D eigenvalue weighted by atomic mass is 9.66. The van der Waals surface area contributed by atoms with E-state index >= 15 is 0 Å². The first-order valence-electron chi connectivity index (χ1n) is 10.9. The minimum absolute atomic E-state index is 0.425. The Morgan fingerprint density at radius 2 is 0.962 bits per heavy atom. The Bertz CT molecular complexity index is 308. The number of nitrogens with one attached hydrogen (secondary N) is 1. The van der Waals surface area contributed by atoms with Crippen LogP contribution in [0.25, 0.3) is 0 Å². The first kappa shape index (κ1) is 23.8. The summed E-state index contributed by atoms with van der Waals surface area (Å²) in [5.74, 6) is 4.62. The van der Waals surface area contributed by atoms with E-state index in [2.05, 4.69) is 33.0 Å². The van der Waals surface area contributed by atoms with Gasteiger partial charge in [-0.2, -0.15) is 0 Å². The predicted molar refractivity (Wildman–Crippen MR) is 114 cm³/mol. The molecule has 0 aromatic rings. The van der Waals surface area contributed by atoms with Crippen LogP contribution in [0.1, 0.15) is 59.8 Å². The van der Waals surface area contributed by atoms with Crippen LogP contribution in [0.5, 0.6) is 0 Å². The van der Waals surface area contributed by atoms with Crippen molar-refractivity contribution in [3.05, 3.63) is 0 Å². The highest BCUT2D eigenvalue weighted by molar-refractivity contribution is 4.89. The minimum atomic E-state index is 0.425. The van der Waals surface area contributed by atoms with Crippen LogP contribution in [0.2, 0.25) is 0 Å². The molecule has 0 radical (unpaired) electrons. The van der Waals surface area contributed by atoms with Crippen molar-refractivity contribution in [2.75, 3.05) is 26.2 Å². The van der Waals surface area contributed by atoms with Crippen LogP contribution in [0, 0.1) is 35.5 Å². The van der Waals surface area contributed by atoms with Gasteiger partial charge in [-0.25, -0.2) is 0 Å². The lowest BCUT2D eigenvalue weighted by Gasteiger charge is -2.42. The van der Waals surface area contributed by atoms with Crippen molar-refractivity contribution >= 4 is 0 Å². The maximum atomic E-state index is 6.26. The average molecular weight is 370 g/mol. The van der Waals surface area contributed by atoms with Gasteiger partial charge in [0, 0.05) is 38.3 Å². The fraction of sp³-hybridized carbons (Fsp3) is 1.00. The molecule has 0 amide bonds. The second kappa shape index (κ2) is 12.3. The van der Waals surface area contributed by atoms with Gasteiger partial charge in [0.25, 0.3) is 0 Å². The molecule has 0 spiro atoms. The monoisotopic (exact) mass is 369 g/mol. The van der Waals surface area contributed by atoms with E-state index in [1.807, 2.05) is 0 Å². The zero-order valence-electron chi connectivity index (χ0n) is 17.8. The Balaban J connectivity index is 0.000000412. The molecule has 5 heteroatoms. The summed E-state index contributed by atoms with van der Waals surface area (Å²) < 4.78 is 0. The van der Waals surface area contributed by atoms with Crippen molar-refractivity contribution < 1.29 is 0 Å². The molecule has 0 bridgehead atoms. The van der Waals surface area contributed by atoms with Crippen molar-refractivity contribution in [2.24, 2.45) is 58.4 Å². The standard InChI is InChI=1S/C17H34N2.C4H13N3/c1-10-5-14(6-11(2)16(10)18)9-15-7-12(3)17(19)13(4)8-15;5-1-3-7-4-2-6/h10-17H,5-9,18-19H2,1-4H3;7H,1-6H2. The molecule has 4 atom stereocenters. The normalized spacial score (nSPS) is 40.6. The highest BCUT2D eigenvalue weighted by Gasteiger charge is 2.35. The number of nitrogens with two attached hydrogens (primary N) is 4. The average Bonchev–Trinajstić information content (AvgIpc) is 2.58. The van der Waals surface area contributed by atoms with Gasteiger partial charge in [-0.3, -0.25) is 0 Å². The number of rotatable bonds is 6. The van der Waals surface area contributed by atoms with Gasteiger partial charge in [-0.15, -0.1) is 0 Å². The van der Waals surface area contributed by atoms with Crippen LogP contribution in [0.3, 0.4) is 0 Å². The van der Waals surface area contributed by atoms with Gasteiger partial charge < -0.3 is 28.3 Å². The maximum Gasteiger partial charge on any atom is 0.00905 e. The molecule has 2 aliphatic rings. The SMILES string of the molecule is CC1CC(CC2CC(C)C(N)C(C)C2)CC(C)C1N.NCCNCCN. The molecule has 0 heterocycles. The molecule has 2 saturated carbocycles. The lowest BCUT2D eigenvalue weighted by Crippen LogP contribution is -2.43. The van der Waals surface area contributed by atoms with Crippen molar-refractivity contribution in [3.8, 4) is 0 Å². The molecule has 0 aromatic carbocycles. The second-order valence-corrected chi connectivity index (χ2v) is 9.30. The van der Waals surface area contributed by atoms with E-state index in [0.717, 1.165) is 24.9 Å². The third kappa shape index (κ3) is 7.81. The van der Waals surface area contributed by atoms with Crippen molar-refractivity contribution in [1.29, 1.82) is 0 Å². The Hall–Kier alpha value is -0.200. The first-order valence-corrected chi connectivity index (χ1v) is 10.9. The number of hydrogen-bond donors (Lipinski definition) is 5. The maximum absolute atomic E-state index is 6.26. The molecule has 156 valence electrons. The van der Waals surface area contributed by atoms with Crippen molar-refractivity contribution in [1.82, 2.24) is 5.32 Å². The van der Waals surface area contributed by atoms with Gasteiger partial charge in [0.15, 0.2) is 0 Å². The van der Waals surface area contributed by atoms with E-state index in [4.69, 9.17) is 22.9 Å². The van der Waals surface area contributed by atoms with Crippen LogP contribution in [0.4, 0.5) is 0 Å². The van der Waals surface area contributed by atoms with Crippen molar-refractivity contribution in [2.45, 2.75) is 71.9 Å². The molecular formula is C21H47N5. The highest BCUT2D eigenvalue weighted by atomic mass is 14.9. The highest BCUT2D eigenvalue weighted by Crippen LogP contribution is 2.41. The third-order valence-electron chi connectivity index (χ3n) is 6.76. The summed E-state index contributed by atoms with van der Waals surface area (Å²) in [6.07, 6.45) is 6.80. The molecule has 0 saturated heterocycles. The van der Waals surface area contributed by atoms with Gasteiger partial charge in [-0.05, 0) is 67.6 Å². The molecule has 0 aliphatic heterocycles. The topological polar surface area (TPSA) is 116 Å². The smallest absolute Gasteiger partial charge is 0.00905 e. The lowest BCUT2D eigenvalue weighted by molar-refractivity contribution is 0.118. The molecule has 5 nitrogen and oxygen atoms in total. The van der Waals surface area contributed by atoms with E-state index in [0.29, 0.717) is 48.8 Å². The summed E-state index contributed by atoms with van der Waals surface area (Å²) in [5, 5.41) is 3.03. The summed E-state index contributed by atoms with van der Waals surface area (Å²) in [4.78, 5) is 0. The fourth-order valence-corrected chi connectivity index (χ4v) is 5.23. The van der Waals surface area contributed by atoms with Crippen LogP contribution in [-0.4, -0.2) is 38.3 Å². The van der Waals surface area contributed by atoms with Gasteiger partial charge in [0.1, 0.15) is 0 Å². The predicted octanol–water partition coefficient (Wildman–Crippen LogP) is 1.89. The van der Waals surface area contributed by atoms with Crippen LogP contribution in [-0.2, 0) is 0 Å². The molecule has 4 unspecified atom stereocenters. The van der Waals surface area contributed by atoms with Crippen LogP contribution >= 0.6 is 0 Å². The Kier molecular flexibility index (Phi) is 11.3. The third-order valence-corrected chi connectivity index (χ3v) is 6.76. The number of hydrogen-bond acceptors (Lipinski definition) is 5. The van der Waals surface area contributed by atoms with Crippen LogP contribution in [0.15, 0.2) is 0 Å². The van der Waals surface area contributed by atoms with Gasteiger partial charge in [-0.1, -0.05) is 27.7 Å². The van der Waals surface area contributed by atoms with Gasteiger partial charge >= 0.3 is 0 Å². The first-order chi connectivity index (χ1) is 12.3. The fourth-order valence-electron chi connectivity index (χ4n) is 5.23. The molecule has 2 rings (SSSR count). The Morgan fingerprint density at radius 1 is 0.654 bits per heavy atom. The molecular weight excluding hydrogens is 322 g/mol. The zero-order chi connectivity index (χ0) is 19.7. The van der Waals surface area contributed by atoms with Gasteiger partial charge in [0.2, 0.25) is 0 Å². The summed E-state index contributed by atoms with van der Waals surface area (Å²) in [7, 11) is 0. The van der Waals surface area contributed by atoms with E-state index in [1.54, 1.807) is 0 Å². The van der Waals surface area contributed by atoms with E-state index < -0.39 is 0 Å². The largest absolute Gasteiger partial charge is 0.329 e. The van der Waals surface area contributed by atoms with Gasteiger partial charge in [0.05, 0.1) is 0 Å². The van der Waals surface area contributed by atoms with E-state index in [-0.39, 0.29) is 0 Å². The molecule has 26 heavy (non-hydrogen) atoms. The summed E-state index contributed by atoms with van der Waals surface area (Å²) in [5.41, 5.74) is 22.9. The van der Waals surface area contributed by atoms with E-state index in [9.17, 15) is 0 Å². The van der Waals surface area contributed by atoms with E-state index in [1.165, 1.54) is 32.1 Å². The minimum Gasteiger partial charge on any atom is -0.329 e. The summed E-state index contributed by atoms with van der Waals surface area (Å²) in [6, 6.07) is 0.850. The second-order valence-electron chi connectivity index (χ2n) is 9.30. The quantitative estimate of drug-likeness (QED) is 0.458. The van der Waals surface area contributed by atoms with Crippen molar-refractivity contribution in [3.63, 3.8) is 0 Å². The Morgan fingerprint density at radius 3 is 1.23 bits per heavy atom. The molecule has 0 aromatic heterocycles. The summed E-state index contributed by atoms with van der Waals surface area (Å²) >= 11 is 0. The Labute approximate surface area is 162 Å².